The van der Waals surface area contributed by atoms with E-state index in [2.05, 4.69) is 10.3 Å². The molecule has 1 aliphatic carbocycles. The molecule has 3 atom stereocenters. The molecule has 4 rings (SSSR count). The minimum Gasteiger partial charge on any atom is -0.337 e. The fourth-order valence-corrected chi connectivity index (χ4v) is 4.22. The summed E-state index contributed by atoms with van der Waals surface area (Å²) in [6.07, 6.45) is 3.22. The molecule has 2 N–H and O–H groups in total. The van der Waals surface area contributed by atoms with Crippen LogP contribution in [0.4, 0.5) is 8.78 Å². The van der Waals surface area contributed by atoms with E-state index in [0.29, 0.717) is 36.3 Å². The zero-order chi connectivity index (χ0) is 18.4. The van der Waals surface area contributed by atoms with Gasteiger partial charge in [-0.2, -0.15) is 0 Å². The van der Waals surface area contributed by atoms with Gasteiger partial charge in [0, 0.05) is 25.2 Å². The quantitative estimate of drug-likeness (QED) is 0.888. The molecule has 2 aromatic rings. The first kappa shape index (κ1) is 17.1. The Morgan fingerprint density at radius 2 is 2.04 bits per heavy atom. The Kier molecular flexibility index (Phi) is 4.22. The number of carbonyl (C=O) groups is 1. The molecule has 2 heterocycles. The van der Waals surface area contributed by atoms with Gasteiger partial charge in [-0.3, -0.25) is 4.79 Å². The summed E-state index contributed by atoms with van der Waals surface area (Å²) in [5, 5.41) is 7.96. The van der Waals surface area contributed by atoms with Crippen LogP contribution in [0.3, 0.4) is 0 Å². The zero-order valence-corrected chi connectivity index (χ0v) is 14.5. The van der Waals surface area contributed by atoms with Crippen molar-refractivity contribution in [1.29, 1.82) is 0 Å². The van der Waals surface area contributed by atoms with Gasteiger partial charge in [-0.15, -0.1) is 5.10 Å². The molecule has 1 amide bonds. The Labute approximate surface area is 150 Å². The Hall–Kier alpha value is -2.35. The highest BCUT2D eigenvalue weighted by atomic mass is 19.2. The number of halogens is 2. The van der Waals surface area contributed by atoms with Gasteiger partial charge >= 0.3 is 0 Å². The molecule has 0 spiro atoms. The fraction of sp³-hybridized carbons (Fsp3) is 0.500. The number of amides is 1. The molecule has 138 valence electrons. The largest absolute Gasteiger partial charge is 0.337 e. The third-order valence-electron chi connectivity index (χ3n) is 5.69. The lowest BCUT2D eigenvalue weighted by atomic mass is 9.78. The van der Waals surface area contributed by atoms with E-state index in [1.54, 1.807) is 11.8 Å². The van der Waals surface area contributed by atoms with Crippen LogP contribution in [0.2, 0.25) is 0 Å². The summed E-state index contributed by atoms with van der Waals surface area (Å²) < 4.78 is 28.0. The maximum atomic E-state index is 13.5. The van der Waals surface area contributed by atoms with Gasteiger partial charge < -0.3 is 10.6 Å². The Bertz CT molecular complexity index is 852. The molecule has 1 saturated heterocycles. The Morgan fingerprint density at radius 3 is 2.77 bits per heavy atom. The monoisotopic (exact) mass is 361 g/mol. The number of nitrogens with two attached hydrogens (primary N) is 1. The summed E-state index contributed by atoms with van der Waals surface area (Å²) in [6, 6.07) is 3.61. The summed E-state index contributed by atoms with van der Waals surface area (Å²) in [7, 11) is 0. The van der Waals surface area contributed by atoms with Gasteiger partial charge in [-0.05, 0) is 43.7 Å². The van der Waals surface area contributed by atoms with Crippen molar-refractivity contribution in [3.8, 4) is 5.69 Å². The van der Waals surface area contributed by atoms with Crippen molar-refractivity contribution in [2.45, 2.75) is 32.2 Å². The summed E-state index contributed by atoms with van der Waals surface area (Å²) in [6.45, 7) is 3.03. The van der Waals surface area contributed by atoms with Gasteiger partial charge in [0.15, 0.2) is 17.3 Å². The van der Waals surface area contributed by atoms with Crippen LogP contribution in [-0.2, 0) is 0 Å². The van der Waals surface area contributed by atoms with Gasteiger partial charge in [0.05, 0.1) is 11.4 Å². The van der Waals surface area contributed by atoms with E-state index in [1.165, 1.54) is 10.7 Å². The lowest BCUT2D eigenvalue weighted by Gasteiger charge is -2.29. The molecule has 26 heavy (non-hydrogen) atoms. The molecular weight excluding hydrogens is 340 g/mol. The molecule has 1 aromatic heterocycles. The van der Waals surface area contributed by atoms with Crippen LogP contribution in [0, 0.1) is 30.4 Å². The van der Waals surface area contributed by atoms with Crippen LogP contribution in [0.25, 0.3) is 5.69 Å². The van der Waals surface area contributed by atoms with Crippen molar-refractivity contribution < 1.29 is 13.6 Å². The minimum atomic E-state index is -0.970. The van der Waals surface area contributed by atoms with Crippen molar-refractivity contribution >= 4 is 5.91 Å². The van der Waals surface area contributed by atoms with Crippen LogP contribution in [0.15, 0.2) is 18.2 Å². The van der Waals surface area contributed by atoms with Crippen LogP contribution in [0.5, 0.6) is 0 Å². The normalized spacial score (nSPS) is 25.4. The lowest BCUT2D eigenvalue weighted by Crippen LogP contribution is -2.38. The molecule has 1 aliphatic heterocycles. The van der Waals surface area contributed by atoms with Gasteiger partial charge in [0.2, 0.25) is 0 Å². The molecular formula is C18H21F2N5O. The van der Waals surface area contributed by atoms with Gasteiger partial charge in [-0.1, -0.05) is 11.6 Å². The molecule has 6 nitrogen and oxygen atoms in total. The maximum Gasteiger partial charge on any atom is 0.276 e. The van der Waals surface area contributed by atoms with Crippen LogP contribution >= 0.6 is 0 Å². The smallest absolute Gasteiger partial charge is 0.276 e. The van der Waals surface area contributed by atoms with E-state index in [1.807, 2.05) is 0 Å². The third-order valence-corrected chi connectivity index (χ3v) is 5.69. The lowest BCUT2D eigenvalue weighted by molar-refractivity contribution is 0.0777. The molecule has 0 radical (unpaired) electrons. The van der Waals surface area contributed by atoms with Gasteiger partial charge in [0.1, 0.15) is 0 Å². The van der Waals surface area contributed by atoms with E-state index >= 15 is 0 Å². The average molecular weight is 361 g/mol. The van der Waals surface area contributed by atoms with Crippen molar-refractivity contribution in [1.82, 2.24) is 19.9 Å². The van der Waals surface area contributed by atoms with Crippen LogP contribution in [-0.4, -0.2) is 44.9 Å². The second-order valence-electron chi connectivity index (χ2n) is 7.26. The number of hydrogen-bond donors (Lipinski definition) is 1. The first-order valence-electron chi connectivity index (χ1n) is 8.88. The number of likely N-dealkylation sites (tertiary alicyclic amines) is 1. The highest BCUT2D eigenvalue weighted by Crippen LogP contribution is 2.36. The van der Waals surface area contributed by atoms with E-state index in [4.69, 9.17) is 5.73 Å². The Balaban J connectivity index is 1.58. The SMILES string of the molecule is Cc1c(C(=O)N2CC3CCCC(N)C3C2)nnn1-c1ccc(F)c(F)c1. The predicted molar refractivity (Wildman–Crippen MR) is 90.7 cm³/mol. The van der Waals surface area contributed by atoms with E-state index < -0.39 is 11.6 Å². The van der Waals surface area contributed by atoms with Crippen LogP contribution in [0.1, 0.15) is 35.4 Å². The van der Waals surface area contributed by atoms with E-state index in [0.717, 1.165) is 31.4 Å². The number of aromatic nitrogens is 3. The van der Waals surface area contributed by atoms with Crippen molar-refractivity contribution in [3.05, 3.63) is 41.2 Å². The summed E-state index contributed by atoms with van der Waals surface area (Å²) >= 11 is 0. The topological polar surface area (TPSA) is 77.0 Å². The van der Waals surface area contributed by atoms with Crippen molar-refractivity contribution in [2.75, 3.05) is 13.1 Å². The van der Waals surface area contributed by atoms with E-state index in [-0.39, 0.29) is 17.6 Å². The number of fused-ring (bicyclic) bond motifs is 1. The maximum absolute atomic E-state index is 13.5. The molecule has 2 fully saturated rings. The highest BCUT2D eigenvalue weighted by molar-refractivity contribution is 5.93. The highest BCUT2D eigenvalue weighted by Gasteiger charge is 2.41. The number of carbonyl (C=O) groups excluding carboxylic acids is 1. The van der Waals surface area contributed by atoms with Crippen molar-refractivity contribution in [2.24, 2.45) is 17.6 Å². The number of rotatable bonds is 2. The van der Waals surface area contributed by atoms with Gasteiger partial charge in [-0.25, -0.2) is 13.5 Å². The molecule has 8 heteroatoms. The second kappa shape index (κ2) is 6.42. The first-order valence-corrected chi connectivity index (χ1v) is 8.88. The predicted octanol–water partition coefficient (Wildman–Crippen LogP) is 2.05. The molecule has 3 unspecified atom stereocenters. The first-order chi connectivity index (χ1) is 12.5. The molecule has 0 bridgehead atoms. The zero-order valence-electron chi connectivity index (χ0n) is 14.5. The number of hydrogen-bond acceptors (Lipinski definition) is 4. The average Bonchev–Trinajstić information content (AvgIpc) is 3.22. The number of benzene rings is 1. The van der Waals surface area contributed by atoms with Crippen molar-refractivity contribution in [3.63, 3.8) is 0 Å². The summed E-state index contributed by atoms with van der Waals surface area (Å²) in [4.78, 5) is 14.7. The van der Waals surface area contributed by atoms with Crippen LogP contribution < -0.4 is 5.73 Å². The Morgan fingerprint density at radius 1 is 1.23 bits per heavy atom. The fourth-order valence-electron chi connectivity index (χ4n) is 4.22. The standard InChI is InChI=1S/C18H21F2N5O/c1-10-17(22-23-25(10)12-5-6-14(19)15(20)7-12)18(26)24-8-11-3-2-4-16(21)13(11)9-24/h5-7,11,13,16H,2-4,8-9,21H2,1H3. The molecule has 1 aromatic carbocycles. The summed E-state index contributed by atoms with van der Waals surface area (Å²) in [5.41, 5.74) is 7.28. The minimum absolute atomic E-state index is 0.144. The summed E-state index contributed by atoms with van der Waals surface area (Å²) in [5.74, 6) is -1.29. The van der Waals surface area contributed by atoms with Gasteiger partial charge in [0.25, 0.3) is 5.91 Å². The molecule has 2 aliphatic rings. The van der Waals surface area contributed by atoms with E-state index in [9.17, 15) is 13.6 Å². The third kappa shape index (κ3) is 2.78. The number of nitrogens with zero attached hydrogens (tertiary/aromatic N) is 4. The second-order valence-corrected chi connectivity index (χ2v) is 7.26. The molecule has 1 saturated carbocycles.